The highest BCUT2D eigenvalue weighted by atomic mass is 32.2. The molecule has 1 atom stereocenters. The molecule has 6 heteroatoms. The molecule has 3 N–H and O–H groups in total. The lowest BCUT2D eigenvalue weighted by atomic mass is 10.1. The van der Waals surface area contributed by atoms with E-state index < -0.39 is 0 Å². The minimum Gasteiger partial charge on any atom is -0.322 e. The van der Waals surface area contributed by atoms with Gasteiger partial charge in [0.1, 0.15) is 0 Å². The molecule has 2 rings (SSSR count). The number of hydrogen-bond donors (Lipinski definition) is 3. The molecule has 0 aromatic heterocycles. The number of carbonyl (C=O) groups excluding carboxylic acids is 2. The van der Waals surface area contributed by atoms with E-state index >= 15 is 0 Å². The first-order chi connectivity index (χ1) is 12.4. The summed E-state index contributed by atoms with van der Waals surface area (Å²) in [7, 11) is 1.84. The van der Waals surface area contributed by atoms with Crippen LogP contribution in [0.4, 0.5) is 11.4 Å². The average molecular weight is 373 g/mol. The maximum atomic E-state index is 12.3. The van der Waals surface area contributed by atoms with Crippen molar-refractivity contribution in [3.8, 4) is 0 Å². The molecule has 1 unspecified atom stereocenters. The van der Waals surface area contributed by atoms with E-state index in [1.54, 1.807) is 11.8 Å². The zero-order valence-electron chi connectivity index (χ0n) is 15.7. The minimum absolute atomic E-state index is 0.103. The third-order valence-electron chi connectivity index (χ3n) is 3.97. The normalized spacial score (nSPS) is 11.7. The van der Waals surface area contributed by atoms with Crippen molar-refractivity contribution in [3.63, 3.8) is 0 Å². The Morgan fingerprint density at radius 3 is 2.23 bits per heavy atom. The molecule has 0 aliphatic rings. The van der Waals surface area contributed by atoms with Crippen molar-refractivity contribution in [2.45, 2.75) is 18.7 Å². The summed E-state index contributed by atoms with van der Waals surface area (Å²) < 4.78 is 0. The molecule has 0 saturated carbocycles. The molecule has 26 heavy (non-hydrogen) atoms. The molecule has 2 aromatic rings. The monoisotopic (exact) mass is 372 g/mol. The predicted molar refractivity (Wildman–Crippen MR) is 108 cm³/mol. The van der Waals surface area contributed by atoms with Gasteiger partial charge >= 0.3 is 0 Å². The Bertz CT molecular complexity index is 792. The van der Waals surface area contributed by atoms with E-state index in [-0.39, 0.29) is 24.9 Å². The smallest absolute Gasteiger partial charge is 0.279 e. The molecule has 0 bridgehead atoms. The number of amides is 2. The van der Waals surface area contributed by atoms with Gasteiger partial charge in [-0.15, -0.1) is 11.8 Å². The zero-order valence-corrected chi connectivity index (χ0v) is 16.5. The van der Waals surface area contributed by atoms with Crippen molar-refractivity contribution in [2.24, 2.45) is 0 Å². The van der Waals surface area contributed by atoms with Crippen molar-refractivity contribution in [3.05, 3.63) is 53.6 Å². The number of aryl methyl sites for hydroxylation is 2. The van der Waals surface area contributed by atoms with Gasteiger partial charge in [0.05, 0.1) is 12.7 Å². The first-order valence-electron chi connectivity index (χ1n) is 8.50. The summed E-state index contributed by atoms with van der Waals surface area (Å²) in [4.78, 5) is 26.4. The van der Waals surface area contributed by atoms with E-state index in [1.165, 1.54) is 0 Å². The Kier molecular flexibility index (Phi) is 7.24. The molecule has 5 nitrogen and oxygen atoms in total. The second-order valence-corrected chi connectivity index (χ2v) is 7.27. The Morgan fingerprint density at radius 2 is 1.58 bits per heavy atom. The molecule has 0 heterocycles. The number of anilines is 2. The molecule has 0 saturated heterocycles. The number of likely N-dealkylation sites (N-methyl/N-ethyl adjacent to an activating group) is 1. The van der Waals surface area contributed by atoms with Gasteiger partial charge in [0.15, 0.2) is 13.1 Å². The van der Waals surface area contributed by atoms with Gasteiger partial charge in [-0.3, -0.25) is 9.59 Å². The Hall–Kier alpha value is -2.31. The Balaban J connectivity index is 1.87. The summed E-state index contributed by atoms with van der Waals surface area (Å²) in [5, 5.41) is 5.85. The van der Waals surface area contributed by atoms with Gasteiger partial charge in [0.25, 0.3) is 11.8 Å². The molecule has 2 amide bonds. The van der Waals surface area contributed by atoms with E-state index in [0.29, 0.717) is 0 Å². The van der Waals surface area contributed by atoms with Crippen molar-refractivity contribution < 1.29 is 14.5 Å². The van der Waals surface area contributed by atoms with Crippen LogP contribution < -0.4 is 15.5 Å². The van der Waals surface area contributed by atoms with Crippen LogP contribution in [-0.4, -0.2) is 38.2 Å². The van der Waals surface area contributed by atoms with E-state index in [4.69, 9.17) is 0 Å². The number of benzene rings is 2. The molecule has 0 fully saturated rings. The topological polar surface area (TPSA) is 62.6 Å². The van der Waals surface area contributed by atoms with Crippen LogP contribution in [0, 0.1) is 13.8 Å². The van der Waals surface area contributed by atoms with Gasteiger partial charge in [-0.25, -0.2) is 0 Å². The lowest BCUT2D eigenvalue weighted by molar-refractivity contribution is -0.862. The van der Waals surface area contributed by atoms with E-state index in [0.717, 1.165) is 32.3 Å². The van der Waals surface area contributed by atoms with Crippen LogP contribution in [0.5, 0.6) is 0 Å². The van der Waals surface area contributed by atoms with Crippen LogP contribution in [0.1, 0.15) is 11.1 Å². The van der Waals surface area contributed by atoms with Crippen LogP contribution in [0.15, 0.2) is 47.4 Å². The Morgan fingerprint density at radius 1 is 0.962 bits per heavy atom. The highest BCUT2D eigenvalue weighted by molar-refractivity contribution is 7.98. The fraction of sp³-hybridized carbons (Fsp3) is 0.300. The van der Waals surface area contributed by atoms with Gasteiger partial charge in [0, 0.05) is 10.6 Å². The lowest BCUT2D eigenvalue weighted by Crippen LogP contribution is -3.11. The molecule has 0 spiro atoms. The van der Waals surface area contributed by atoms with Gasteiger partial charge in [0.2, 0.25) is 0 Å². The SMILES string of the molecule is CSc1ccccc1NC(=O)C[NH+](C)CC(=O)Nc1cc(C)ccc1C. The molecular weight excluding hydrogens is 346 g/mol. The maximum absolute atomic E-state index is 12.3. The quantitative estimate of drug-likeness (QED) is 0.653. The molecular formula is C20H26N3O2S+. The number of carbonyl (C=O) groups is 2. The first-order valence-corrected chi connectivity index (χ1v) is 9.72. The van der Waals surface area contributed by atoms with E-state index in [9.17, 15) is 9.59 Å². The summed E-state index contributed by atoms with van der Waals surface area (Å²) in [6.45, 7) is 4.40. The van der Waals surface area contributed by atoms with Crippen molar-refractivity contribution >= 4 is 35.0 Å². The van der Waals surface area contributed by atoms with Gasteiger partial charge in [-0.05, 0) is 49.4 Å². The second kappa shape index (κ2) is 9.40. The molecule has 138 valence electrons. The molecule has 0 aliphatic carbocycles. The van der Waals surface area contributed by atoms with E-state index in [2.05, 4.69) is 10.6 Å². The summed E-state index contributed by atoms with van der Waals surface area (Å²) in [5.74, 6) is -0.211. The summed E-state index contributed by atoms with van der Waals surface area (Å²) in [6, 6.07) is 13.6. The van der Waals surface area contributed by atoms with Crippen molar-refractivity contribution in [2.75, 3.05) is 37.0 Å². The number of para-hydroxylation sites is 1. The number of quaternary nitrogens is 1. The number of rotatable bonds is 7. The lowest BCUT2D eigenvalue weighted by Gasteiger charge is -2.15. The van der Waals surface area contributed by atoms with Crippen LogP contribution in [0.2, 0.25) is 0 Å². The van der Waals surface area contributed by atoms with Gasteiger partial charge < -0.3 is 15.5 Å². The largest absolute Gasteiger partial charge is 0.322 e. The summed E-state index contributed by atoms with van der Waals surface area (Å²) in [5.41, 5.74) is 3.74. The van der Waals surface area contributed by atoms with Crippen LogP contribution in [-0.2, 0) is 9.59 Å². The van der Waals surface area contributed by atoms with Crippen LogP contribution in [0.3, 0.4) is 0 Å². The van der Waals surface area contributed by atoms with Crippen LogP contribution in [0.25, 0.3) is 0 Å². The van der Waals surface area contributed by atoms with E-state index in [1.807, 2.05) is 69.6 Å². The molecule has 0 aliphatic heterocycles. The standard InChI is InChI=1S/C20H25N3O2S/c1-14-9-10-15(2)17(11-14)22-20(25)13-23(3)12-19(24)21-16-7-5-6-8-18(16)26-4/h5-11H,12-13H2,1-4H3,(H,21,24)(H,22,25)/p+1. The minimum atomic E-state index is -0.108. The summed E-state index contributed by atoms with van der Waals surface area (Å²) >= 11 is 1.58. The van der Waals surface area contributed by atoms with Crippen molar-refractivity contribution in [1.82, 2.24) is 0 Å². The number of thioether (sulfide) groups is 1. The maximum Gasteiger partial charge on any atom is 0.279 e. The third kappa shape index (κ3) is 5.89. The second-order valence-electron chi connectivity index (χ2n) is 6.43. The highest BCUT2D eigenvalue weighted by Gasteiger charge is 2.16. The molecule has 2 aromatic carbocycles. The number of nitrogens with one attached hydrogen (secondary N) is 3. The first kappa shape index (κ1) is 20.0. The average Bonchev–Trinajstić information content (AvgIpc) is 2.58. The molecule has 0 radical (unpaired) electrons. The van der Waals surface area contributed by atoms with Crippen molar-refractivity contribution in [1.29, 1.82) is 0 Å². The highest BCUT2D eigenvalue weighted by Crippen LogP contribution is 2.24. The predicted octanol–water partition coefficient (Wildman–Crippen LogP) is 2.12. The van der Waals surface area contributed by atoms with Gasteiger partial charge in [-0.2, -0.15) is 0 Å². The fourth-order valence-electron chi connectivity index (χ4n) is 2.62. The third-order valence-corrected chi connectivity index (χ3v) is 4.77. The van der Waals surface area contributed by atoms with Crippen LogP contribution >= 0.6 is 11.8 Å². The fourth-order valence-corrected chi connectivity index (χ4v) is 3.17. The zero-order chi connectivity index (χ0) is 19.1. The summed E-state index contributed by atoms with van der Waals surface area (Å²) in [6.07, 6.45) is 1.97. The Labute approximate surface area is 159 Å². The van der Waals surface area contributed by atoms with Gasteiger partial charge in [-0.1, -0.05) is 24.3 Å². The number of hydrogen-bond acceptors (Lipinski definition) is 3.